The van der Waals surface area contributed by atoms with Crippen LogP contribution in [0.25, 0.3) is 22.2 Å². The van der Waals surface area contributed by atoms with Crippen LogP contribution in [0.15, 0.2) is 34.5 Å². The molecule has 3 aromatic rings. The first kappa shape index (κ1) is 28.0. The Balaban J connectivity index is 0.000000303. The number of aromatic amines is 1. The Morgan fingerprint density at radius 3 is 2.44 bits per heavy atom. The SMILES string of the molecule is CSc1nc(-c2cn(C(=O)OC(C)(C)C)c3ccnc(Cl)c23)cc(=O)[nH]1.FC(F)(F)C1CCCCC1. The summed E-state index contributed by atoms with van der Waals surface area (Å²) in [5, 5.41) is 1.21. The number of aromatic nitrogens is 4. The smallest absolute Gasteiger partial charge is 0.419 e. The van der Waals surface area contributed by atoms with Gasteiger partial charge >= 0.3 is 12.3 Å². The zero-order valence-corrected chi connectivity index (χ0v) is 22.0. The number of halogens is 4. The summed E-state index contributed by atoms with van der Waals surface area (Å²) in [5.74, 6) is -0.999. The van der Waals surface area contributed by atoms with Crippen molar-refractivity contribution in [3.05, 3.63) is 40.0 Å². The number of fused-ring (bicyclic) bond motifs is 1. The molecule has 0 amide bonds. The molecule has 0 atom stereocenters. The lowest BCUT2D eigenvalue weighted by Crippen LogP contribution is -2.26. The molecule has 0 bridgehead atoms. The molecule has 1 aliphatic rings. The summed E-state index contributed by atoms with van der Waals surface area (Å²) in [5.41, 5.74) is 0.518. The van der Waals surface area contributed by atoms with Crippen molar-refractivity contribution >= 4 is 40.4 Å². The molecule has 0 spiro atoms. The molecule has 1 aliphatic carbocycles. The van der Waals surface area contributed by atoms with E-state index >= 15 is 0 Å². The number of nitrogens with zero attached hydrogens (tertiary/aromatic N) is 3. The lowest BCUT2D eigenvalue weighted by atomic mass is 9.89. The van der Waals surface area contributed by atoms with E-state index in [0.717, 1.165) is 19.3 Å². The predicted molar refractivity (Wildman–Crippen MR) is 135 cm³/mol. The third-order valence-corrected chi connectivity index (χ3v) is 6.38. The average Bonchev–Trinajstić information content (AvgIpc) is 3.19. The highest BCUT2D eigenvalue weighted by Gasteiger charge is 2.39. The van der Waals surface area contributed by atoms with E-state index in [1.54, 1.807) is 39.3 Å². The highest BCUT2D eigenvalue weighted by atomic mass is 35.5. The van der Waals surface area contributed by atoms with Crippen molar-refractivity contribution in [2.45, 2.75) is 69.8 Å². The van der Waals surface area contributed by atoms with Crippen LogP contribution in [-0.4, -0.2) is 43.6 Å². The Kier molecular flexibility index (Phi) is 8.76. The second-order valence-corrected chi connectivity index (χ2v) is 10.6. The maximum Gasteiger partial charge on any atom is 0.419 e. The maximum absolute atomic E-state index is 12.6. The van der Waals surface area contributed by atoms with Crippen LogP contribution in [-0.2, 0) is 4.74 Å². The highest BCUT2D eigenvalue weighted by molar-refractivity contribution is 7.98. The van der Waals surface area contributed by atoms with E-state index in [0.29, 0.717) is 40.2 Å². The minimum atomic E-state index is -3.93. The van der Waals surface area contributed by atoms with Gasteiger partial charge in [0.1, 0.15) is 10.8 Å². The van der Waals surface area contributed by atoms with E-state index in [1.807, 2.05) is 0 Å². The zero-order chi connectivity index (χ0) is 26.7. The molecule has 0 aromatic carbocycles. The number of carbonyl (C=O) groups excluding carboxylic acids is 1. The third-order valence-electron chi connectivity index (χ3n) is 5.52. The van der Waals surface area contributed by atoms with E-state index in [-0.39, 0.29) is 10.7 Å². The van der Waals surface area contributed by atoms with E-state index < -0.39 is 23.8 Å². The number of ether oxygens (including phenoxy) is 1. The summed E-state index contributed by atoms with van der Waals surface area (Å²) in [6.07, 6.45) is 3.59. The minimum absolute atomic E-state index is 0.215. The van der Waals surface area contributed by atoms with E-state index in [4.69, 9.17) is 16.3 Å². The molecular weight excluding hydrogens is 517 g/mol. The molecule has 196 valence electrons. The van der Waals surface area contributed by atoms with Gasteiger partial charge in [-0.05, 0) is 45.9 Å². The second-order valence-electron chi connectivity index (χ2n) is 9.41. The van der Waals surface area contributed by atoms with Crippen LogP contribution in [0, 0.1) is 5.92 Å². The number of hydrogen-bond donors (Lipinski definition) is 1. The van der Waals surface area contributed by atoms with Gasteiger partial charge in [-0.3, -0.25) is 9.36 Å². The van der Waals surface area contributed by atoms with Crippen molar-refractivity contribution in [2.24, 2.45) is 5.92 Å². The topological polar surface area (TPSA) is 89.9 Å². The fourth-order valence-electron chi connectivity index (χ4n) is 3.90. The van der Waals surface area contributed by atoms with Gasteiger partial charge in [0.15, 0.2) is 5.16 Å². The molecule has 12 heteroatoms. The zero-order valence-electron chi connectivity index (χ0n) is 20.4. The molecular formula is C24H28ClF3N4O3S. The van der Waals surface area contributed by atoms with Crippen molar-refractivity contribution in [2.75, 3.05) is 6.26 Å². The number of rotatable bonds is 2. The van der Waals surface area contributed by atoms with Crippen LogP contribution in [0.2, 0.25) is 5.15 Å². The number of carbonyl (C=O) groups is 1. The van der Waals surface area contributed by atoms with Gasteiger partial charge in [0.05, 0.1) is 17.1 Å². The van der Waals surface area contributed by atoms with E-state index in [1.165, 1.54) is 28.6 Å². The number of hydrogen-bond acceptors (Lipinski definition) is 6. The second kappa shape index (κ2) is 11.2. The van der Waals surface area contributed by atoms with Crippen molar-refractivity contribution in [1.82, 2.24) is 19.5 Å². The van der Waals surface area contributed by atoms with Crippen LogP contribution in [0.5, 0.6) is 0 Å². The maximum atomic E-state index is 12.6. The molecule has 1 saturated carbocycles. The Labute approximate surface area is 215 Å². The lowest BCUT2D eigenvalue weighted by molar-refractivity contribution is -0.181. The van der Waals surface area contributed by atoms with Crippen LogP contribution in [0.4, 0.5) is 18.0 Å². The molecule has 36 heavy (non-hydrogen) atoms. The Bertz CT molecular complexity index is 1280. The van der Waals surface area contributed by atoms with Crippen molar-refractivity contribution in [3.8, 4) is 11.3 Å². The fourth-order valence-corrected chi connectivity index (χ4v) is 4.54. The van der Waals surface area contributed by atoms with Crippen LogP contribution < -0.4 is 5.56 Å². The Hall–Kier alpha value is -2.53. The highest BCUT2D eigenvalue weighted by Crippen LogP contribution is 2.37. The first-order valence-electron chi connectivity index (χ1n) is 11.4. The largest absolute Gasteiger partial charge is 0.443 e. The molecule has 3 heterocycles. The summed E-state index contributed by atoms with van der Waals surface area (Å²) < 4.78 is 42.6. The standard InChI is InChI=1S/C17H17ClN4O3S.C7H11F3/c1-17(2,3)25-16(24)22-8-9(13-11(22)5-6-19-14(13)18)10-7-12(23)21-15(20-10)26-4;8-7(9,10)6-4-2-1-3-5-6/h5-8H,1-4H3,(H,20,21,23);6H,1-5H2. The number of alkyl halides is 3. The molecule has 0 saturated heterocycles. The van der Waals surface area contributed by atoms with E-state index in [2.05, 4.69) is 15.0 Å². The Morgan fingerprint density at radius 2 is 1.89 bits per heavy atom. The summed E-state index contributed by atoms with van der Waals surface area (Å²) in [4.78, 5) is 35.7. The summed E-state index contributed by atoms with van der Waals surface area (Å²) >= 11 is 7.59. The molecule has 7 nitrogen and oxygen atoms in total. The fraction of sp³-hybridized carbons (Fsp3) is 0.500. The van der Waals surface area contributed by atoms with Gasteiger partial charge in [0.25, 0.3) is 5.56 Å². The molecule has 1 fully saturated rings. The number of H-pyrrole nitrogens is 1. The normalized spacial score (nSPS) is 14.9. The molecule has 1 N–H and O–H groups in total. The molecule has 4 rings (SSSR count). The lowest BCUT2D eigenvalue weighted by Gasteiger charge is -2.23. The quantitative estimate of drug-likeness (QED) is 0.211. The predicted octanol–water partition coefficient (Wildman–Crippen LogP) is 7.07. The molecule has 0 unspecified atom stereocenters. The van der Waals surface area contributed by atoms with Crippen molar-refractivity contribution < 1.29 is 22.7 Å². The van der Waals surface area contributed by atoms with Gasteiger partial charge in [0.2, 0.25) is 0 Å². The Morgan fingerprint density at radius 1 is 1.22 bits per heavy atom. The average molecular weight is 545 g/mol. The first-order chi connectivity index (χ1) is 16.8. The monoisotopic (exact) mass is 544 g/mol. The summed E-state index contributed by atoms with van der Waals surface area (Å²) in [7, 11) is 0. The number of nitrogens with one attached hydrogen (secondary N) is 1. The van der Waals surface area contributed by atoms with E-state index in [9.17, 15) is 22.8 Å². The van der Waals surface area contributed by atoms with Gasteiger partial charge in [-0.2, -0.15) is 13.2 Å². The molecule has 0 radical (unpaired) electrons. The number of thioether (sulfide) groups is 1. The van der Waals surface area contributed by atoms with Gasteiger partial charge in [-0.25, -0.2) is 14.8 Å². The van der Waals surface area contributed by atoms with Crippen LogP contribution in [0.1, 0.15) is 52.9 Å². The van der Waals surface area contributed by atoms with Gasteiger partial charge in [-0.15, -0.1) is 0 Å². The molecule has 3 aromatic heterocycles. The third kappa shape index (κ3) is 7.03. The van der Waals surface area contributed by atoms with Gasteiger partial charge in [0, 0.05) is 29.4 Å². The summed E-state index contributed by atoms with van der Waals surface area (Å²) in [6, 6.07) is 3.02. The van der Waals surface area contributed by atoms with Gasteiger partial charge in [-0.1, -0.05) is 42.6 Å². The van der Waals surface area contributed by atoms with Gasteiger partial charge < -0.3 is 9.72 Å². The number of pyridine rings is 1. The van der Waals surface area contributed by atoms with Crippen molar-refractivity contribution in [3.63, 3.8) is 0 Å². The first-order valence-corrected chi connectivity index (χ1v) is 13.0. The van der Waals surface area contributed by atoms with Crippen molar-refractivity contribution in [1.29, 1.82) is 0 Å². The molecule has 0 aliphatic heterocycles. The summed E-state index contributed by atoms with van der Waals surface area (Å²) in [6.45, 7) is 5.36. The van der Waals surface area contributed by atoms with Crippen LogP contribution in [0.3, 0.4) is 0 Å². The van der Waals surface area contributed by atoms with Crippen LogP contribution >= 0.6 is 23.4 Å². The minimum Gasteiger partial charge on any atom is -0.443 e.